The highest BCUT2D eigenvalue weighted by atomic mass is 32.2. The number of hydrogen-bond acceptors (Lipinski definition) is 5. The maximum Gasteiger partial charge on any atom is 0.417 e. The molecular weight excluding hydrogens is 471 g/mol. The number of rotatable bonds is 5. The van der Waals surface area contributed by atoms with E-state index in [0.29, 0.717) is 13.1 Å². The normalized spacial score (nSPS) is 19.9. The van der Waals surface area contributed by atoms with E-state index >= 15 is 0 Å². The van der Waals surface area contributed by atoms with Gasteiger partial charge in [-0.15, -0.1) is 10.2 Å². The fourth-order valence-corrected chi connectivity index (χ4v) is 5.96. The van der Waals surface area contributed by atoms with Crippen molar-refractivity contribution in [2.24, 2.45) is 11.8 Å². The van der Waals surface area contributed by atoms with Gasteiger partial charge < -0.3 is 5.32 Å². The number of pyridine rings is 1. The molecule has 0 radical (unpaired) electrons. The van der Waals surface area contributed by atoms with Gasteiger partial charge in [-0.25, -0.2) is 8.42 Å². The Balaban J connectivity index is 1.51. The van der Waals surface area contributed by atoms with E-state index in [2.05, 4.69) is 15.5 Å². The molecule has 34 heavy (non-hydrogen) atoms. The number of nitrogens with zero attached hydrogens (tertiary/aromatic N) is 4. The average Bonchev–Trinajstić information content (AvgIpc) is 3.18. The molecule has 0 bridgehead atoms. The van der Waals surface area contributed by atoms with Crippen LogP contribution in [0.4, 0.5) is 13.2 Å². The van der Waals surface area contributed by atoms with Crippen molar-refractivity contribution < 1.29 is 26.4 Å². The van der Waals surface area contributed by atoms with Crippen molar-refractivity contribution in [3.8, 4) is 0 Å². The molecule has 1 N–H and O–H groups in total. The lowest BCUT2D eigenvalue weighted by Gasteiger charge is -2.34. The molecule has 4 rings (SSSR count). The third kappa shape index (κ3) is 4.92. The van der Waals surface area contributed by atoms with Gasteiger partial charge in [0.25, 0.3) is 5.91 Å². The molecule has 1 aliphatic rings. The van der Waals surface area contributed by atoms with Gasteiger partial charge in [0.2, 0.25) is 10.0 Å². The molecule has 2 aromatic heterocycles. The Morgan fingerprint density at radius 2 is 1.82 bits per heavy atom. The summed E-state index contributed by atoms with van der Waals surface area (Å²) in [5.74, 6) is -0.00244. The monoisotopic (exact) mass is 495 g/mol. The van der Waals surface area contributed by atoms with Crippen LogP contribution in [0.1, 0.15) is 42.0 Å². The zero-order valence-electron chi connectivity index (χ0n) is 18.6. The van der Waals surface area contributed by atoms with Gasteiger partial charge >= 0.3 is 6.18 Å². The second-order valence-corrected chi connectivity index (χ2v) is 10.7. The van der Waals surface area contributed by atoms with Gasteiger partial charge in [-0.05, 0) is 48.6 Å². The first-order chi connectivity index (χ1) is 15.9. The molecule has 12 heteroatoms. The molecule has 1 saturated heterocycles. The highest BCUT2D eigenvalue weighted by molar-refractivity contribution is 7.89. The van der Waals surface area contributed by atoms with Crippen molar-refractivity contribution in [2.75, 3.05) is 13.1 Å². The number of sulfonamides is 1. The second-order valence-electron chi connectivity index (χ2n) is 8.74. The number of piperidine rings is 1. The third-order valence-corrected chi connectivity index (χ3v) is 7.60. The van der Waals surface area contributed by atoms with E-state index in [1.807, 2.05) is 13.8 Å². The molecule has 1 aromatic carbocycles. The zero-order chi connectivity index (χ0) is 24.7. The van der Waals surface area contributed by atoms with Crippen LogP contribution in [0.2, 0.25) is 0 Å². The number of amides is 1. The van der Waals surface area contributed by atoms with E-state index < -0.39 is 27.7 Å². The first-order valence-corrected chi connectivity index (χ1v) is 12.2. The predicted octanol–water partition coefficient (Wildman–Crippen LogP) is 3.34. The Kier molecular flexibility index (Phi) is 6.38. The quantitative estimate of drug-likeness (QED) is 0.586. The summed E-state index contributed by atoms with van der Waals surface area (Å²) in [5, 5.41) is 10.2. The summed E-state index contributed by atoms with van der Waals surface area (Å²) in [7, 11) is -3.77. The van der Waals surface area contributed by atoms with Crippen molar-refractivity contribution in [1.82, 2.24) is 24.2 Å². The maximum absolute atomic E-state index is 13.1. The lowest BCUT2D eigenvalue weighted by molar-refractivity contribution is -0.137. The number of alkyl halides is 3. The average molecular weight is 496 g/mol. The van der Waals surface area contributed by atoms with Crippen LogP contribution >= 0.6 is 0 Å². The molecular formula is C22H24F3N5O3S. The molecule has 3 heterocycles. The van der Waals surface area contributed by atoms with E-state index in [9.17, 15) is 26.4 Å². The number of nitrogens with one attached hydrogen (secondary N) is 1. The van der Waals surface area contributed by atoms with Gasteiger partial charge in [-0.3, -0.25) is 9.20 Å². The molecule has 2 atom stereocenters. The van der Waals surface area contributed by atoms with Crippen molar-refractivity contribution in [3.05, 3.63) is 59.5 Å². The maximum atomic E-state index is 13.1. The number of benzene rings is 1. The van der Waals surface area contributed by atoms with E-state index in [1.54, 1.807) is 0 Å². The van der Waals surface area contributed by atoms with Crippen LogP contribution in [-0.4, -0.2) is 46.3 Å². The molecule has 0 aliphatic carbocycles. The van der Waals surface area contributed by atoms with Gasteiger partial charge in [0.05, 0.1) is 17.0 Å². The molecule has 1 aliphatic heterocycles. The van der Waals surface area contributed by atoms with Crippen LogP contribution in [0.3, 0.4) is 0 Å². The number of aromatic nitrogens is 3. The van der Waals surface area contributed by atoms with Crippen LogP contribution < -0.4 is 5.32 Å². The fourth-order valence-electron chi connectivity index (χ4n) is 4.24. The van der Waals surface area contributed by atoms with E-state index in [0.717, 1.165) is 23.1 Å². The topological polar surface area (TPSA) is 96.7 Å². The Hall–Kier alpha value is -2.99. The van der Waals surface area contributed by atoms with Crippen molar-refractivity contribution >= 4 is 21.6 Å². The number of hydrogen-bond donors (Lipinski definition) is 1. The van der Waals surface area contributed by atoms with Crippen LogP contribution in [0.15, 0.2) is 47.5 Å². The largest absolute Gasteiger partial charge is 0.417 e. The van der Waals surface area contributed by atoms with Crippen molar-refractivity contribution in [1.29, 1.82) is 0 Å². The summed E-state index contributed by atoms with van der Waals surface area (Å²) >= 11 is 0. The first-order valence-electron chi connectivity index (χ1n) is 10.7. The van der Waals surface area contributed by atoms with Crippen molar-refractivity contribution in [3.63, 3.8) is 0 Å². The van der Waals surface area contributed by atoms with Gasteiger partial charge in [-0.2, -0.15) is 17.5 Å². The standard InChI is InChI=1S/C22H24F3N5O3S/c1-14-8-15(2)12-29(11-14)34(32,33)18-5-3-4-16(9-18)21(31)26-10-20-28-27-19-7-6-17(13-30(19)20)22(23,24)25/h3-7,9,13-15H,8,10-12H2,1-2H3,(H,26,31)/t14-,15-/m0/s1. The number of halogens is 3. The lowest BCUT2D eigenvalue weighted by Crippen LogP contribution is -2.42. The summed E-state index contributed by atoms with van der Waals surface area (Å²) in [4.78, 5) is 12.7. The highest BCUT2D eigenvalue weighted by Crippen LogP contribution is 2.29. The van der Waals surface area contributed by atoms with Crippen LogP contribution in [0, 0.1) is 11.8 Å². The molecule has 0 spiro atoms. The number of carbonyl (C=O) groups is 1. The second kappa shape index (κ2) is 8.99. The molecule has 1 amide bonds. The highest BCUT2D eigenvalue weighted by Gasteiger charge is 2.32. The smallest absolute Gasteiger partial charge is 0.345 e. The molecule has 3 aromatic rings. The Labute approximate surface area is 194 Å². The Morgan fingerprint density at radius 3 is 2.50 bits per heavy atom. The van der Waals surface area contributed by atoms with Gasteiger partial charge in [0.15, 0.2) is 11.5 Å². The van der Waals surface area contributed by atoms with Gasteiger partial charge in [-0.1, -0.05) is 19.9 Å². The molecule has 182 valence electrons. The Morgan fingerprint density at radius 1 is 1.12 bits per heavy atom. The summed E-state index contributed by atoms with van der Waals surface area (Å²) < 4.78 is 68.0. The predicted molar refractivity (Wildman–Crippen MR) is 117 cm³/mol. The zero-order valence-corrected chi connectivity index (χ0v) is 19.4. The molecule has 1 fully saturated rings. The summed E-state index contributed by atoms with van der Waals surface area (Å²) in [5.41, 5.74) is -0.550. The van der Waals surface area contributed by atoms with Gasteiger partial charge in [0, 0.05) is 24.8 Å². The minimum Gasteiger partial charge on any atom is -0.345 e. The van der Waals surface area contributed by atoms with Crippen LogP contribution in [0.25, 0.3) is 5.65 Å². The van der Waals surface area contributed by atoms with E-state index in [1.165, 1.54) is 34.6 Å². The SMILES string of the molecule is C[C@H]1C[C@H](C)CN(S(=O)(=O)c2cccc(C(=O)NCc3nnc4ccc(C(F)(F)F)cn34)c2)C1. The summed E-state index contributed by atoms with van der Waals surface area (Å²) in [6.07, 6.45) is -2.71. The minimum absolute atomic E-state index is 0.0178. The first kappa shape index (κ1) is 24.1. The summed E-state index contributed by atoms with van der Waals surface area (Å²) in [6.45, 7) is 4.66. The minimum atomic E-state index is -4.53. The molecule has 0 unspecified atom stereocenters. The number of carbonyl (C=O) groups excluding carboxylic acids is 1. The molecule has 8 nitrogen and oxygen atoms in total. The lowest BCUT2D eigenvalue weighted by atomic mass is 9.94. The number of fused-ring (bicyclic) bond motifs is 1. The van der Waals surface area contributed by atoms with Crippen LogP contribution in [0.5, 0.6) is 0 Å². The van der Waals surface area contributed by atoms with Gasteiger partial charge in [0.1, 0.15) is 0 Å². The molecule has 0 saturated carbocycles. The van der Waals surface area contributed by atoms with E-state index in [4.69, 9.17) is 0 Å². The van der Waals surface area contributed by atoms with E-state index in [-0.39, 0.29) is 40.3 Å². The van der Waals surface area contributed by atoms with Crippen molar-refractivity contribution in [2.45, 2.75) is 37.9 Å². The van der Waals surface area contributed by atoms with Crippen LogP contribution in [-0.2, 0) is 22.7 Å². The Bertz CT molecular complexity index is 1310. The summed E-state index contributed by atoms with van der Waals surface area (Å²) in [6, 6.07) is 7.80. The fraction of sp³-hybridized carbons (Fsp3) is 0.409. The third-order valence-electron chi connectivity index (χ3n) is 5.78.